The lowest BCUT2D eigenvalue weighted by Crippen LogP contribution is -2.09. The molecule has 0 fully saturated rings. The smallest absolute Gasteiger partial charge is 0.305 e. The highest BCUT2D eigenvalue weighted by Crippen LogP contribution is 2.24. The largest absolute Gasteiger partial charge is 0.466 e. The van der Waals surface area contributed by atoms with Gasteiger partial charge in [0.25, 0.3) is 5.69 Å². The molecule has 19 heavy (non-hydrogen) atoms. The number of hydrogen-bond donors (Lipinski definition) is 1. The van der Waals surface area contributed by atoms with Gasteiger partial charge in [0.05, 0.1) is 16.0 Å². The maximum atomic E-state index is 11.1. The molecule has 1 aromatic heterocycles. The average Bonchev–Trinajstić information content (AvgIpc) is 2.36. The van der Waals surface area contributed by atoms with Crippen molar-refractivity contribution in [1.29, 1.82) is 0 Å². The first kappa shape index (κ1) is 15.4. The highest BCUT2D eigenvalue weighted by Gasteiger charge is 2.10. The SMILES string of the molecule is CCOC(=O)CCCNc1ncc([N+](=O)[O-])cc1Br. The van der Waals surface area contributed by atoms with Crippen LogP contribution in [0.4, 0.5) is 11.5 Å². The van der Waals surface area contributed by atoms with E-state index < -0.39 is 4.92 Å². The van der Waals surface area contributed by atoms with Gasteiger partial charge >= 0.3 is 5.97 Å². The first-order chi connectivity index (χ1) is 9.04. The monoisotopic (exact) mass is 331 g/mol. The number of nitrogens with zero attached hydrogens (tertiary/aromatic N) is 2. The Kier molecular flexibility index (Phi) is 6.20. The molecule has 0 atom stereocenters. The van der Waals surface area contributed by atoms with Gasteiger partial charge in [-0.25, -0.2) is 4.98 Å². The molecule has 7 nitrogen and oxygen atoms in total. The number of aromatic nitrogens is 1. The third-order valence-electron chi connectivity index (χ3n) is 2.19. The van der Waals surface area contributed by atoms with Gasteiger partial charge in [0.1, 0.15) is 12.0 Å². The second-order valence-electron chi connectivity index (χ2n) is 3.62. The van der Waals surface area contributed by atoms with E-state index in [-0.39, 0.29) is 11.7 Å². The van der Waals surface area contributed by atoms with Crippen LogP contribution < -0.4 is 5.32 Å². The van der Waals surface area contributed by atoms with Crippen LogP contribution in [0.2, 0.25) is 0 Å². The molecular weight excluding hydrogens is 318 g/mol. The van der Waals surface area contributed by atoms with Gasteiger partial charge < -0.3 is 10.1 Å². The highest BCUT2D eigenvalue weighted by atomic mass is 79.9. The number of hydrogen-bond acceptors (Lipinski definition) is 6. The van der Waals surface area contributed by atoms with Crippen LogP contribution in [0.15, 0.2) is 16.7 Å². The van der Waals surface area contributed by atoms with Crippen molar-refractivity contribution in [3.8, 4) is 0 Å². The number of anilines is 1. The van der Waals surface area contributed by atoms with Crippen LogP contribution in [0.1, 0.15) is 19.8 Å². The van der Waals surface area contributed by atoms with Gasteiger partial charge in [-0.15, -0.1) is 0 Å². The summed E-state index contributed by atoms with van der Waals surface area (Å²) in [6, 6.07) is 1.38. The van der Waals surface area contributed by atoms with Gasteiger partial charge in [0.15, 0.2) is 0 Å². The summed E-state index contributed by atoms with van der Waals surface area (Å²) >= 11 is 3.20. The molecule has 0 aliphatic carbocycles. The van der Waals surface area contributed by atoms with Crippen molar-refractivity contribution >= 4 is 33.4 Å². The van der Waals surface area contributed by atoms with E-state index in [1.807, 2.05) is 0 Å². The van der Waals surface area contributed by atoms with Crippen molar-refractivity contribution in [3.05, 3.63) is 26.9 Å². The zero-order chi connectivity index (χ0) is 14.3. The van der Waals surface area contributed by atoms with Gasteiger partial charge in [-0.1, -0.05) is 0 Å². The molecule has 0 saturated carbocycles. The van der Waals surface area contributed by atoms with Gasteiger partial charge in [-0.2, -0.15) is 0 Å². The summed E-state index contributed by atoms with van der Waals surface area (Å²) in [6.45, 7) is 2.66. The van der Waals surface area contributed by atoms with Gasteiger partial charge in [-0.05, 0) is 29.3 Å². The summed E-state index contributed by atoms with van der Waals surface area (Å²) in [5.41, 5.74) is -0.0797. The van der Waals surface area contributed by atoms with E-state index in [0.717, 1.165) is 0 Å². The second-order valence-corrected chi connectivity index (χ2v) is 4.47. The van der Waals surface area contributed by atoms with E-state index >= 15 is 0 Å². The summed E-state index contributed by atoms with van der Waals surface area (Å²) in [5, 5.41) is 13.5. The quantitative estimate of drug-likeness (QED) is 0.357. The fourth-order valence-corrected chi connectivity index (χ4v) is 1.81. The van der Waals surface area contributed by atoms with E-state index in [9.17, 15) is 14.9 Å². The zero-order valence-electron chi connectivity index (χ0n) is 10.4. The maximum Gasteiger partial charge on any atom is 0.305 e. The minimum absolute atomic E-state index is 0.0797. The number of nitrogens with one attached hydrogen (secondary N) is 1. The van der Waals surface area contributed by atoms with Crippen molar-refractivity contribution in [3.63, 3.8) is 0 Å². The zero-order valence-corrected chi connectivity index (χ0v) is 12.0. The number of rotatable bonds is 7. The molecule has 0 amide bonds. The van der Waals surface area contributed by atoms with Gasteiger partial charge in [0.2, 0.25) is 0 Å². The number of esters is 1. The lowest BCUT2D eigenvalue weighted by atomic mass is 10.3. The Morgan fingerprint density at radius 1 is 1.63 bits per heavy atom. The van der Waals surface area contributed by atoms with Crippen LogP contribution in [0, 0.1) is 10.1 Å². The Labute approximate surface area is 118 Å². The second kappa shape index (κ2) is 7.67. The van der Waals surface area contributed by atoms with Crippen LogP contribution >= 0.6 is 15.9 Å². The summed E-state index contributed by atoms with van der Waals surface area (Å²) in [5.74, 6) is 0.273. The summed E-state index contributed by atoms with van der Waals surface area (Å²) in [7, 11) is 0. The van der Waals surface area contributed by atoms with Crippen molar-refractivity contribution in [1.82, 2.24) is 4.98 Å². The van der Waals surface area contributed by atoms with Crippen LogP contribution in [-0.2, 0) is 9.53 Å². The molecule has 1 N–H and O–H groups in total. The van der Waals surface area contributed by atoms with Crippen LogP contribution in [-0.4, -0.2) is 29.0 Å². The van der Waals surface area contributed by atoms with Crippen LogP contribution in [0.3, 0.4) is 0 Å². The van der Waals surface area contributed by atoms with E-state index in [1.54, 1.807) is 6.92 Å². The maximum absolute atomic E-state index is 11.1. The molecule has 0 aliphatic rings. The number of carbonyl (C=O) groups is 1. The molecule has 1 rings (SSSR count). The Hall–Kier alpha value is -1.70. The molecule has 0 spiro atoms. The number of pyridine rings is 1. The summed E-state index contributed by atoms with van der Waals surface area (Å²) in [6.07, 6.45) is 2.10. The van der Waals surface area contributed by atoms with E-state index in [0.29, 0.717) is 36.3 Å². The van der Waals surface area contributed by atoms with Crippen LogP contribution in [0.5, 0.6) is 0 Å². The molecule has 0 aliphatic heterocycles. The molecule has 0 saturated heterocycles. The molecule has 8 heteroatoms. The lowest BCUT2D eigenvalue weighted by Gasteiger charge is -2.07. The predicted octanol–water partition coefficient (Wildman–Crippen LogP) is 2.51. The Morgan fingerprint density at radius 2 is 2.37 bits per heavy atom. The Morgan fingerprint density at radius 3 is 2.95 bits per heavy atom. The molecule has 0 aromatic carbocycles. The topological polar surface area (TPSA) is 94.4 Å². The number of carbonyl (C=O) groups excluding carboxylic acids is 1. The third kappa shape index (κ3) is 5.21. The standard InChI is InChI=1S/C11H14BrN3O4/c1-2-19-10(16)4-3-5-13-11-9(12)6-8(7-14-11)15(17)18/h6-7H,2-5H2,1H3,(H,13,14). The third-order valence-corrected chi connectivity index (χ3v) is 2.80. The first-order valence-corrected chi connectivity index (χ1v) is 6.53. The minimum atomic E-state index is -0.512. The number of nitro groups is 1. The number of halogens is 1. The van der Waals surface area contributed by atoms with Crippen LogP contribution in [0.25, 0.3) is 0 Å². The normalized spacial score (nSPS) is 10.0. The van der Waals surface area contributed by atoms with Gasteiger partial charge in [0, 0.05) is 19.0 Å². The highest BCUT2D eigenvalue weighted by molar-refractivity contribution is 9.10. The molecule has 104 valence electrons. The molecular formula is C11H14BrN3O4. The van der Waals surface area contributed by atoms with E-state index in [4.69, 9.17) is 4.74 Å². The molecule has 0 unspecified atom stereocenters. The van der Waals surface area contributed by atoms with Crippen molar-refractivity contribution in [2.45, 2.75) is 19.8 Å². The lowest BCUT2D eigenvalue weighted by molar-refractivity contribution is -0.385. The average molecular weight is 332 g/mol. The summed E-state index contributed by atoms with van der Waals surface area (Å²) in [4.78, 5) is 25.1. The first-order valence-electron chi connectivity index (χ1n) is 5.74. The molecule has 0 bridgehead atoms. The van der Waals surface area contributed by atoms with Crippen molar-refractivity contribution < 1.29 is 14.5 Å². The summed E-state index contributed by atoms with van der Waals surface area (Å²) < 4.78 is 5.31. The van der Waals surface area contributed by atoms with Crippen molar-refractivity contribution in [2.75, 3.05) is 18.5 Å². The fourth-order valence-electron chi connectivity index (χ4n) is 1.33. The van der Waals surface area contributed by atoms with Crippen molar-refractivity contribution in [2.24, 2.45) is 0 Å². The molecule has 0 radical (unpaired) electrons. The number of ether oxygens (including phenoxy) is 1. The molecule has 1 heterocycles. The van der Waals surface area contributed by atoms with E-state index in [2.05, 4.69) is 26.2 Å². The predicted molar refractivity (Wildman–Crippen MR) is 72.9 cm³/mol. The Balaban J connectivity index is 2.41. The van der Waals surface area contributed by atoms with E-state index in [1.165, 1.54) is 12.3 Å². The van der Waals surface area contributed by atoms with Gasteiger partial charge in [-0.3, -0.25) is 14.9 Å². The minimum Gasteiger partial charge on any atom is -0.466 e. The Bertz CT molecular complexity index is 467. The fraction of sp³-hybridized carbons (Fsp3) is 0.455. The molecule has 1 aromatic rings.